The monoisotopic (exact) mass is 140 g/mol. The van der Waals surface area contributed by atoms with Gasteiger partial charge in [-0.05, 0) is 13.8 Å². The molecule has 0 saturated carbocycles. The number of hydrogen-bond donors (Lipinski definition) is 3. The minimum atomic E-state index is -0.384. The molecule has 1 aromatic heterocycles. The van der Waals surface area contributed by atoms with Crippen molar-refractivity contribution in [3.8, 4) is 0 Å². The molecular formula is C6H12N4. The summed E-state index contributed by atoms with van der Waals surface area (Å²) >= 11 is 0. The van der Waals surface area contributed by atoms with Crippen molar-refractivity contribution in [2.75, 3.05) is 5.73 Å². The number of aromatic amines is 1. The molecule has 0 saturated heterocycles. The number of nitrogens with two attached hydrogens (primary N) is 2. The molecular weight excluding hydrogens is 128 g/mol. The van der Waals surface area contributed by atoms with Crippen molar-refractivity contribution in [2.24, 2.45) is 5.73 Å². The zero-order chi connectivity index (χ0) is 7.78. The fraction of sp³-hybridized carbons (Fsp3) is 0.500. The molecule has 0 spiro atoms. The number of H-pyrrole nitrogens is 1. The lowest BCUT2D eigenvalue weighted by atomic mass is 10.0. The average Bonchev–Trinajstić information content (AvgIpc) is 2.11. The molecule has 0 unspecified atom stereocenters. The third-order valence-corrected chi connectivity index (χ3v) is 1.29. The predicted molar refractivity (Wildman–Crippen MR) is 40.2 cm³/mol. The van der Waals surface area contributed by atoms with E-state index in [4.69, 9.17) is 11.5 Å². The van der Waals surface area contributed by atoms with Crippen LogP contribution in [0.5, 0.6) is 0 Å². The number of hydrogen-bond acceptors (Lipinski definition) is 3. The molecule has 0 aromatic carbocycles. The third-order valence-electron chi connectivity index (χ3n) is 1.29. The van der Waals surface area contributed by atoms with Crippen molar-refractivity contribution in [3.05, 3.63) is 11.8 Å². The fourth-order valence-electron chi connectivity index (χ4n) is 0.667. The lowest BCUT2D eigenvalue weighted by molar-refractivity contribution is 0.533. The van der Waals surface area contributed by atoms with Crippen LogP contribution in [0.2, 0.25) is 0 Å². The van der Waals surface area contributed by atoms with Gasteiger partial charge in [-0.3, -0.25) is 5.10 Å². The molecule has 0 aliphatic heterocycles. The lowest BCUT2D eigenvalue weighted by Crippen LogP contribution is -2.29. The molecule has 0 aliphatic rings. The number of aromatic nitrogens is 2. The average molecular weight is 140 g/mol. The molecule has 4 heteroatoms. The molecule has 10 heavy (non-hydrogen) atoms. The Kier molecular flexibility index (Phi) is 1.40. The maximum atomic E-state index is 5.74. The van der Waals surface area contributed by atoms with Crippen LogP contribution in [0, 0.1) is 0 Å². The summed E-state index contributed by atoms with van der Waals surface area (Å²) in [5.41, 5.74) is 11.6. The van der Waals surface area contributed by atoms with Gasteiger partial charge in [0.25, 0.3) is 0 Å². The molecule has 5 N–H and O–H groups in total. The highest BCUT2D eigenvalue weighted by molar-refractivity contribution is 5.31. The van der Waals surface area contributed by atoms with Gasteiger partial charge in [0, 0.05) is 6.07 Å². The molecule has 1 heterocycles. The van der Waals surface area contributed by atoms with Gasteiger partial charge in [0.05, 0.1) is 11.2 Å². The van der Waals surface area contributed by atoms with Crippen molar-refractivity contribution in [1.29, 1.82) is 0 Å². The fourth-order valence-corrected chi connectivity index (χ4v) is 0.667. The van der Waals surface area contributed by atoms with Crippen molar-refractivity contribution in [3.63, 3.8) is 0 Å². The summed E-state index contributed by atoms with van der Waals surface area (Å²) in [6, 6.07) is 1.74. The van der Waals surface area contributed by atoms with Gasteiger partial charge in [-0.2, -0.15) is 5.10 Å². The van der Waals surface area contributed by atoms with Crippen molar-refractivity contribution in [1.82, 2.24) is 10.2 Å². The first-order valence-corrected chi connectivity index (χ1v) is 3.10. The Labute approximate surface area is 59.6 Å². The quantitative estimate of drug-likeness (QED) is 0.520. The molecule has 0 atom stereocenters. The number of anilines is 1. The highest BCUT2D eigenvalue weighted by atomic mass is 15.2. The van der Waals surface area contributed by atoms with E-state index in [0.717, 1.165) is 5.69 Å². The molecule has 0 aliphatic carbocycles. The summed E-state index contributed by atoms with van der Waals surface area (Å²) in [6.45, 7) is 3.78. The number of nitrogen functional groups attached to an aromatic ring is 1. The van der Waals surface area contributed by atoms with Crippen LogP contribution < -0.4 is 11.5 Å². The Morgan fingerprint density at radius 3 is 2.40 bits per heavy atom. The molecule has 1 rings (SSSR count). The summed E-state index contributed by atoms with van der Waals surface area (Å²) in [6.07, 6.45) is 0. The molecule has 0 amide bonds. The Hall–Kier alpha value is -1.03. The molecule has 0 fully saturated rings. The Morgan fingerprint density at radius 1 is 1.60 bits per heavy atom. The van der Waals surface area contributed by atoms with Gasteiger partial charge < -0.3 is 11.5 Å². The summed E-state index contributed by atoms with van der Waals surface area (Å²) in [4.78, 5) is 0. The number of nitrogens with one attached hydrogen (secondary N) is 1. The van der Waals surface area contributed by atoms with Crippen LogP contribution in [0.3, 0.4) is 0 Å². The van der Waals surface area contributed by atoms with E-state index in [9.17, 15) is 0 Å². The van der Waals surface area contributed by atoms with E-state index in [1.807, 2.05) is 13.8 Å². The highest BCUT2D eigenvalue weighted by Crippen LogP contribution is 2.14. The predicted octanol–water partition coefficient (Wildman–Crippen LogP) is 0.186. The second-order valence-corrected chi connectivity index (χ2v) is 2.93. The number of nitrogens with zero attached hydrogens (tertiary/aromatic N) is 1. The van der Waals surface area contributed by atoms with Crippen LogP contribution in [0.25, 0.3) is 0 Å². The van der Waals surface area contributed by atoms with Crippen LogP contribution in [-0.2, 0) is 5.54 Å². The Balaban J connectivity index is 2.96. The van der Waals surface area contributed by atoms with Crippen molar-refractivity contribution < 1.29 is 0 Å². The molecule has 0 radical (unpaired) electrons. The molecule has 1 aromatic rings. The first kappa shape index (κ1) is 7.08. The van der Waals surface area contributed by atoms with Gasteiger partial charge in [-0.15, -0.1) is 0 Å². The standard InChI is InChI=1S/C6H12N4/c1-6(2,8)4-3-5(7)10-9-4/h3H,8H2,1-2H3,(H3,7,9,10). The van der Waals surface area contributed by atoms with E-state index in [1.54, 1.807) is 6.07 Å². The van der Waals surface area contributed by atoms with Crippen LogP contribution in [0.15, 0.2) is 6.07 Å². The van der Waals surface area contributed by atoms with Gasteiger partial charge in [0.2, 0.25) is 0 Å². The summed E-state index contributed by atoms with van der Waals surface area (Å²) in [7, 11) is 0. The van der Waals surface area contributed by atoms with Gasteiger partial charge in [-0.25, -0.2) is 0 Å². The first-order chi connectivity index (χ1) is 4.50. The minimum absolute atomic E-state index is 0.384. The normalized spacial score (nSPS) is 11.9. The first-order valence-electron chi connectivity index (χ1n) is 3.10. The van der Waals surface area contributed by atoms with E-state index >= 15 is 0 Å². The van der Waals surface area contributed by atoms with Crippen LogP contribution in [-0.4, -0.2) is 10.2 Å². The second-order valence-electron chi connectivity index (χ2n) is 2.93. The van der Waals surface area contributed by atoms with Gasteiger partial charge in [-0.1, -0.05) is 0 Å². The second kappa shape index (κ2) is 1.98. The highest BCUT2D eigenvalue weighted by Gasteiger charge is 2.15. The molecule has 4 nitrogen and oxygen atoms in total. The van der Waals surface area contributed by atoms with Gasteiger partial charge in [0.1, 0.15) is 5.82 Å². The van der Waals surface area contributed by atoms with E-state index < -0.39 is 0 Å². The van der Waals surface area contributed by atoms with Crippen molar-refractivity contribution in [2.45, 2.75) is 19.4 Å². The smallest absolute Gasteiger partial charge is 0.145 e. The SMILES string of the molecule is CC(C)(N)c1cc(N)n[nH]1. The Bertz CT molecular complexity index is 220. The van der Waals surface area contributed by atoms with E-state index in [1.165, 1.54) is 0 Å². The van der Waals surface area contributed by atoms with Gasteiger partial charge in [0.15, 0.2) is 0 Å². The lowest BCUT2D eigenvalue weighted by Gasteiger charge is -2.14. The van der Waals surface area contributed by atoms with Crippen LogP contribution in [0.4, 0.5) is 5.82 Å². The zero-order valence-corrected chi connectivity index (χ0v) is 6.18. The summed E-state index contributed by atoms with van der Waals surface area (Å²) in [5, 5.41) is 6.50. The van der Waals surface area contributed by atoms with E-state index in [2.05, 4.69) is 10.2 Å². The third kappa shape index (κ3) is 1.27. The molecule has 0 bridgehead atoms. The summed E-state index contributed by atoms with van der Waals surface area (Å²) in [5.74, 6) is 0.480. The van der Waals surface area contributed by atoms with E-state index in [-0.39, 0.29) is 5.54 Å². The maximum absolute atomic E-state index is 5.74. The van der Waals surface area contributed by atoms with Gasteiger partial charge >= 0.3 is 0 Å². The minimum Gasteiger partial charge on any atom is -0.382 e. The number of rotatable bonds is 1. The Morgan fingerprint density at radius 2 is 2.20 bits per heavy atom. The van der Waals surface area contributed by atoms with Crippen molar-refractivity contribution >= 4 is 5.82 Å². The topological polar surface area (TPSA) is 80.7 Å². The summed E-state index contributed by atoms with van der Waals surface area (Å²) < 4.78 is 0. The zero-order valence-electron chi connectivity index (χ0n) is 6.18. The van der Waals surface area contributed by atoms with Crippen LogP contribution >= 0.6 is 0 Å². The largest absolute Gasteiger partial charge is 0.382 e. The maximum Gasteiger partial charge on any atom is 0.145 e. The molecule has 56 valence electrons. The van der Waals surface area contributed by atoms with Crippen LogP contribution in [0.1, 0.15) is 19.5 Å². The van der Waals surface area contributed by atoms with E-state index in [0.29, 0.717) is 5.82 Å².